The van der Waals surface area contributed by atoms with Crippen molar-refractivity contribution in [2.75, 3.05) is 0 Å². The summed E-state index contributed by atoms with van der Waals surface area (Å²) in [4.78, 5) is 18.8. The molecule has 0 radical (unpaired) electrons. The molecule has 0 saturated heterocycles. The Kier molecular flexibility index (Phi) is 2.22. The van der Waals surface area contributed by atoms with Crippen molar-refractivity contribution in [2.45, 2.75) is 0 Å². The van der Waals surface area contributed by atoms with Crippen molar-refractivity contribution in [2.24, 2.45) is 0 Å². The molecule has 1 N–H and O–H groups in total. The molecule has 0 bridgehead atoms. The first-order valence-electron chi connectivity index (χ1n) is 5.37. The molecule has 0 aliphatic rings. The van der Waals surface area contributed by atoms with Crippen LogP contribution >= 0.6 is 0 Å². The number of ketones is 1. The van der Waals surface area contributed by atoms with Crippen molar-refractivity contribution in [3.05, 3.63) is 66.2 Å². The number of rotatable bonds is 2. The van der Waals surface area contributed by atoms with Gasteiger partial charge in [0, 0.05) is 18.0 Å². The fourth-order valence-corrected chi connectivity index (χ4v) is 1.86. The lowest BCUT2D eigenvalue weighted by Gasteiger charge is -2.01. The Morgan fingerprint density at radius 2 is 1.88 bits per heavy atom. The maximum atomic E-state index is 12.1. The van der Waals surface area contributed by atoms with Crippen molar-refractivity contribution in [1.29, 1.82) is 0 Å². The molecule has 3 aromatic rings. The average Bonchev–Trinajstić information content (AvgIpc) is 2.91. The molecule has 1 aromatic heterocycles. The van der Waals surface area contributed by atoms with E-state index in [0.717, 1.165) is 10.8 Å². The van der Waals surface area contributed by atoms with Gasteiger partial charge in [0.25, 0.3) is 0 Å². The highest BCUT2D eigenvalue weighted by atomic mass is 16.1. The molecule has 17 heavy (non-hydrogen) atoms. The van der Waals surface area contributed by atoms with Gasteiger partial charge in [-0.05, 0) is 16.8 Å². The zero-order chi connectivity index (χ0) is 11.7. The van der Waals surface area contributed by atoms with E-state index in [-0.39, 0.29) is 5.78 Å². The zero-order valence-electron chi connectivity index (χ0n) is 9.05. The fourth-order valence-electron chi connectivity index (χ4n) is 1.86. The Bertz CT molecular complexity index is 672. The molecular formula is C14H10N2O. The van der Waals surface area contributed by atoms with Crippen LogP contribution in [0, 0.1) is 0 Å². The number of hydrogen-bond donors (Lipinski definition) is 1. The van der Waals surface area contributed by atoms with E-state index < -0.39 is 0 Å². The molecule has 1 heterocycles. The number of H-pyrrole nitrogens is 1. The number of hydrogen-bond acceptors (Lipinski definition) is 2. The highest BCUT2D eigenvalue weighted by Crippen LogP contribution is 2.17. The van der Waals surface area contributed by atoms with Crippen LogP contribution < -0.4 is 0 Å². The summed E-state index contributed by atoms with van der Waals surface area (Å²) >= 11 is 0. The van der Waals surface area contributed by atoms with Gasteiger partial charge in [0.2, 0.25) is 5.78 Å². The number of carbonyl (C=O) groups is 1. The van der Waals surface area contributed by atoms with Gasteiger partial charge in [-0.2, -0.15) is 0 Å². The number of aromatic amines is 1. The highest BCUT2D eigenvalue weighted by molar-refractivity contribution is 6.08. The number of benzene rings is 2. The summed E-state index contributed by atoms with van der Waals surface area (Å²) in [6.07, 6.45) is 3.22. The van der Waals surface area contributed by atoms with Crippen LogP contribution in [-0.2, 0) is 0 Å². The molecule has 3 heteroatoms. The maximum Gasteiger partial charge on any atom is 0.228 e. The molecule has 0 atom stereocenters. The van der Waals surface area contributed by atoms with Gasteiger partial charge < -0.3 is 4.98 Å². The van der Waals surface area contributed by atoms with E-state index in [4.69, 9.17) is 0 Å². The number of carbonyl (C=O) groups excluding carboxylic acids is 1. The van der Waals surface area contributed by atoms with Crippen LogP contribution in [-0.4, -0.2) is 15.8 Å². The minimum atomic E-state index is -0.0826. The van der Waals surface area contributed by atoms with E-state index in [1.54, 1.807) is 12.4 Å². The second-order valence-corrected chi connectivity index (χ2v) is 3.83. The first-order valence-corrected chi connectivity index (χ1v) is 5.37. The molecule has 3 rings (SSSR count). The van der Waals surface area contributed by atoms with Crippen molar-refractivity contribution in [3.63, 3.8) is 0 Å². The molecule has 82 valence electrons. The van der Waals surface area contributed by atoms with E-state index in [1.165, 1.54) is 0 Å². The molecular weight excluding hydrogens is 212 g/mol. The van der Waals surface area contributed by atoms with Crippen LogP contribution in [0.2, 0.25) is 0 Å². The molecule has 0 amide bonds. The lowest BCUT2D eigenvalue weighted by Crippen LogP contribution is -2.03. The van der Waals surface area contributed by atoms with E-state index in [0.29, 0.717) is 11.4 Å². The van der Waals surface area contributed by atoms with Crippen LogP contribution in [0.25, 0.3) is 10.8 Å². The molecule has 0 spiro atoms. The number of fused-ring (bicyclic) bond motifs is 1. The number of imidazole rings is 1. The second-order valence-electron chi connectivity index (χ2n) is 3.83. The summed E-state index contributed by atoms with van der Waals surface area (Å²) < 4.78 is 0. The number of nitrogens with zero attached hydrogens (tertiary/aromatic N) is 1. The maximum absolute atomic E-state index is 12.1. The summed E-state index contributed by atoms with van der Waals surface area (Å²) in [5.41, 5.74) is 0.652. The van der Waals surface area contributed by atoms with Crippen molar-refractivity contribution >= 4 is 16.6 Å². The molecule has 0 saturated carbocycles. The number of aromatic nitrogens is 2. The Hall–Kier alpha value is -2.42. The average molecular weight is 222 g/mol. The van der Waals surface area contributed by atoms with E-state index >= 15 is 0 Å². The molecule has 0 aliphatic heterocycles. The van der Waals surface area contributed by atoms with Gasteiger partial charge in [0.15, 0.2) is 5.82 Å². The largest absolute Gasteiger partial charge is 0.342 e. The standard InChI is InChI=1S/C14H10N2O/c17-13(14-15-7-8-16-14)12-6-5-10-3-1-2-4-11(10)9-12/h1-9H,(H,15,16). The minimum Gasteiger partial charge on any atom is -0.342 e. The lowest BCUT2D eigenvalue weighted by atomic mass is 10.0. The van der Waals surface area contributed by atoms with Crippen LogP contribution in [0.5, 0.6) is 0 Å². The van der Waals surface area contributed by atoms with Gasteiger partial charge in [-0.3, -0.25) is 4.79 Å². The summed E-state index contributed by atoms with van der Waals surface area (Å²) in [5, 5.41) is 2.19. The first kappa shape index (κ1) is 9.78. The predicted octanol–water partition coefficient (Wildman–Crippen LogP) is 2.79. The van der Waals surface area contributed by atoms with Crippen LogP contribution in [0.3, 0.4) is 0 Å². The van der Waals surface area contributed by atoms with E-state index in [2.05, 4.69) is 9.97 Å². The normalized spacial score (nSPS) is 10.6. The van der Waals surface area contributed by atoms with Gasteiger partial charge in [-0.1, -0.05) is 36.4 Å². The first-order chi connectivity index (χ1) is 8.34. The van der Waals surface area contributed by atoms with Gasteiger partial charge in [-0.25, -0.2) is 4.98 Å². The minimum absolute atomic E-state index is 0.0826. The summed E-state index contributed by atoms with van der Waals surface area (Å²) in [7, 11) is 0. The summed E-state index contributed by atoms with van der Waals surface area (Å²) in [5.74, 6) is 0.293. The quantitative estimate of drug-likeness (QED) is 0.677. The van der Waals surface area contributed by atoms with Gasteiger partial charge in [0.05, 0.1) is 0 Å². The van der Waals surface area contributed by atoms with Crippen molar-refractivity contribution in [1.82, 2.24) is 9.97 Å². The fraction of sp³-hybridized carbons (Fsp3) is 0. The van der Waals surface area contributed by atoms with Gasteiger partial charge >= 0.3 is 0 Å². The van der Waals surface area contributed by atoms with E-state index in [9.17, 15) is 4.79 Å². The Labute approximate surface area is 98.1 Å². The zero-order valence-corrected chi connectivity index (χ0v) is 9.05. The predicted molar refractivity (Wildman–Crippen MR) is 66.0 cm³/mol. The molecule has 2 aromatic carbocycles. The highest BCUT2D eigenvalue weighted by Gasteiger charge is 2.11. The third-order valence-electron chi connectivity index (χ3n) is 2.72. The van der Waals surface area contributed by atoms with E-state index in [1.807, 2.05) is 42.5 Å². The monoisotopic (exact) mass is 222 g/mol. The SMILES string of the molecule is O=C(c1ccc2ccccc2c1)c1ncc[nH]1. The van der Waals surface area contributed by atoms with Crippen molar-refractivity contribution in [3.8, 4) is 0 Å². The van der Waals surface area contributed by atoms with Crippen LogP contribution in [0.4, 0.5) is 0 Å². The van der Waals surface area contributed by atoms with Gasteiger partial charge in [-0.15, -0.1) is 0 Å². The third-order valence-corrected chi connectivity index (χ3v) is 2.72. The Morgan fingerprint density at radius 3 is 2.65 bits per heavy atom. The van der Waals surface area contributed by atoms with Crippen molar-refractivity contribution < 1.29 is 4.79 Å². The smallest absolute Gasteiger partial charge is 0.228 e. The van der Waals surface area contributed by atoms with Gasteiger partial charge in [0.1, 0.15) is 0 Å². The third kappa shape index (κ3) is 1.72. The molecule has 0 unspecified atom stereocenters. The molecule has 3 nitrogen and oxygen atoms in total. The summed E-state index contributed by atoms with van der Waals surface area (Å²) in [6, 6.07) is 13.6. The number of nitrogens with one attached hydrogen (secondary N) is 1. The van der Waals surface area contributed by atoms with Crippen LogP contribution in [0.15, 0.2) is 54.9 Å². The Balaban J connectivity index is 2.09. The summed E-state index contributed by atoms with van der Waals surface area (Å²) in [6.45, 7) is 0. The molecule has 0 fully saturated rings. The topological polar surface area (TPSA) is 45.8 Å². The van der Waals surface area contributed by atoms with Crippen LogP contribution in [0.1, 0.15) is 16.2 Å². The molecule has 0 aliphatic carbocycles. The Morgan fingerprint density at radius 1 is 1.06 bits per heavy atom. The lowest BCUT2D eigenvalue weighted by molar-refractivity contribution is 0.103. The second kappa shape index (κ2) is 3.87.